The van der Waals surface area contributed by atoms with Crippen molar-refractivity contribution in [2.24, 2.45) is 0 Å². The average molecular weight is 460 g/mol. The number of benzene rings is 2. The van der Waals surface area contributed by atoms with Crippen LogP contribution in [0.1, 0.15) is 10.4 Å². The van der Waals surface area contributed by atoms with Gasteiger partial charge < -0.3 is 10.2 Å². The third-order valence-corrected chi connectivity index (χ3v) is 5.45. The van der Waals surface area contributed by atoms with Crippen molar-refractivity contribution in [3.8, 4) is 0 Å². The highest BCUT2D eigenvalue weighted by Gasteiger charge is 2.22. The average Bonchev–Trinajstić information content (AvgIpc) is 2.63. The van der Waals surface area contributed by atoms with Gasteiger partial charge in [0.1, 0.15) is 0 Å². The molecule has 1 N–H and O–H groups in total. The number of likely N-dealkylation sites (N-methyl/N-ethyl adjacent to an activating group) is 1. The third-order valence-electron chi connectivity index (χ3n) is 3.73. The number of rotatable bonds is 6. The summed E-state index contributed by atoms with van der Waals surface area (Å²) in [6.45, 7) is -0.433. The molecular formula is C17H15Cl2N3O6S. The van der Waals surface area contributed by atoms with E-state index in [1.165, 1.54) is 19.2 Å². The summed E-state index contributed by atoms with van der Waals surface area (Å²) in [6.07, 6.45) is 0.866. The Balaban J connectivity index is 2.24. The highest BCUT2D eigenvalue weighted by molar-refractivity contribution is 7.90. The fourth-order valence-electron chi connectivity index (χ4n) is 2.33. The lowest BCUT2D eigenvalue weighted by Crippen LogP contribution is -2.35. The number of nitro groups is 1. The van der Waals surface area contributed by atoms with Gasteiger partial charge in [0.05, 0.1) is 32.1 Å². The Bertz CT molecular complexity index is 1080. The molecule has 2 aromatic rings. The van der Waals surface area contributed by atoms with Crippen molar-refractivity contribution in [1.82, 2.24) is 4.90 Å². The van der Waals surface area contributed by atoms with Gasteiger partial charge in [0.2, 0.25) is 5.91 Å². The second-order valence-electron chi connectivity index (χ2n) is 6.05. The number of nitrogens with zero attached hydrogens (tertiary/aromatic N) is 2. The first kappa shape index (κ1) is 22.6. The van der Waals surface area contributed by atoms with Gasteiger partial charge >= 0.3 is 0 Å². The van der Waals surface area contributed by atoms with E-state index in [0.717, 1.165) is 29.4 Å². The lowest BCUT2D eigenvalue weighted by molar-refractivity contribution is -0.385. The van der Waals surface area contributed by atoms with E-state index < -0.39 is 38.8 Å². The van der Waals surface area contributed by atoms with Crippen molar-refractivity contribution >= 4 is 56.2 Å². The summed E-state index contributed by atoms with van der Waals surface area (Å²) >= 11 is 12.0. The van der Waals surface area contributed by atoms with Crippen LogP contribution in [-0.4, -0.2) is 49.9 Å². The minimum Gasteiger partial charge on any atom is -0.332 e. The van der Waals surface area contributed by atoms with Gasteiger partial charge in [-0.3, -0.25) is 19.7 Å². The SMILES string of the molecule is CN(CC(=O)Nc1c(Cl)cccc1Cl)C(=O)c1cc([N+](=O)[O-])cc(S(C)(=O)=O)c1. The Hall–Kier alpha value is -2.69. The summed E-state index contributed by atoms with van der Waals surface area (Å²) in [4.78, 5) is 35.7. The van der Waals surface area contributed by atoms with Crippen molar-refractivity contribution < 1.29 is 22.9 Å². The molecule has 0 saturated carbocycles. The maximum atomic E-state index is 12.6. The third kappa shape index (κ3) is 5.66. The quantitative estimate of drug-likeness (QED) is 0.522. The number of nitrogens with one attached hydrogen (secondary N) is 1. The molecule has 154 valence electrons. The zero-order valence-corrected chi connectivity index (χ0v) is 17.5. The van der Waals surface area contributed by atoms with Crippen LogP contribution < -0.4 is 5.32 Å². The van der Waals surface area contributed by atoms with E-state index in [-0.39, 0.29) is 26.2 Å². The Kier molecular flexibility index (Phi) is 6.83. The lowest BCUT2D eigenvalue weighted by Gasteiger charge is -2.18. The van der Waals surface area contributed by atoms with Gasteiger partial charge in [-0.05, 0) is 18.2 Å². The summed E-state index contributed by atoms with van der Waals surface area (Å²) in [5.41, 5.74) is -0.626. The Morgan fingerprint density at radius 1 is 1.17 bits per heavy atom. The molecule has 0 bridgehead atoms. The molecule has 2 aromatic carbocycles. The minimum atomic E-state index is -3.80. The van der Waals surface area contributed by atoms with Crippen LogP contribution in [0.2, 0.25) is 10.0 Å². The minimum absolute atomic E-state index is 0.177. The van der Waals surface area contributed by atoms with E-state index in [9.17, 15) is 28.1 Å². The Labute approximate surface area is 176 Å². The first-order valence-electron chi connectivity index (χ1n) is 7.89. The van der Waals surface area contributed by atoms with Crippen LogP contribution in [0.3, 0.4) is 0 Å². The molecule has 0 aromatic heterocycles. The first-order valence-corrected chi connectivity index (χ1v) is 10.5. The van der Waals surface area contributed by atoms with Crippen LogP contribution >= 0.6 is 23.2 Å². The Morgan fingerprint density at radius 2 is 1.76 bits per heavy atom. The highest BCUT2D eigenvalue weighted by Crippen LogP contribution is 2.29. The molecule has 2 amide bonds. The molecule has 0 atom stereocenters. The van der Waals surface area contributed by atoms with Crippen molar-refractivity contribution in [2.45, 2.75) is 4.90 Å². The van der Waals surface area contributed by atoms with E-state index >= 15 is 0 Å². The zero-order valence-electron chi connectivity index (χ0n) is 15.2. The Morgan fingerprint density at radius 3 is 2.28 bits per heavy atom. The second kappa shape index (κ2) is 8.76. The number of non-ortho nitro benzene ring substituents is 1. The molecule has 29 heavy (non-hydrogen) atoms. The van der Waals surface area contributed by atoms with Gasteiger partial charge in [-0.25, -0.2) is 8.42 Å². The molecule has 0 aliphatic heterocycles. The van der Waals surface area contributed by atoms with E-state index in [4.69, 9.17) is 23.2 Å². The van der Waals surface area contributed by atoms with Crippen molar-refractivity contribution in [1.29, 1.82) is 0 Å². The van der Waals surface area contributed by atoms with Crippen LogP contribution in [-0.2, 0) is 14.6 Å². The molecule has 0 radical (unpaired) electrons. The summed E-state index contributed by atoms with van der Waals surface area (Å²) in [5, 5.41) is 14.0. The standard InChI is InChI=1S/C17H15Cl2N3O6S/c1-21(9-15(23)20-16-13(18)4-3-5-14(16)19)17(24)10-6-11(22(25)26)8-12(7-10)29(2,27)28/h3-8H,9H2,1-2H3,(H,20,23). The number of carbonyl (C=O) groups excluding carboxylic acids is 2. The number of hydrogen-bond donors (Lipinski definition) is 1. The predicted octanol–water partition coefficient (Wildman–Crippen LogP) is 3.02. The maximum absolute atomic E-state index is 12.6. The molecule has 0 saturated heterocycles. The fraction of sp³-hybridized carbons (Fsp3) is 0.176. The van der Waals surface area contributed by atoms with Crippen LogP contribution in [0, 0.1) is 10.1 Å². The topological polar surface area (TPSA) is 127 Å². The fourth-order valence-corrected chi connectivity index (χ4v) is 3.50. The number of anilines is 1. The maximum Gasteiger partial charge on any atom is 0.271 e. The molecule has 9 nitrogen and oxygen atoms in total. The molecular weight excluding hydrogens is 445 g/mol. The normalized spacial score (nSPS) is 11.0. The summed E-state index contributed by atoms with van der Waals surface area (Å²) in [5.74, 6) is -1.40. The number of para-hydroxylation sites is 1. The zero-order chi connectivity index (χ0) is 21.9. The monoisotopic (exact) mass is 459 g/mol. The first-order chi connectivity index (χ1) is 13.4. The number of carbonyl (C=O) groups is 2. The number of amides is 2. The highest BCUT2D eigenvalue weighted by atomic mass is 35.5. The van der Waals surface area contributed by atoms with E-state index in [1.807, 2.05) is 0 Å². The smallest absolute Gasteiger partial charge is 0.271 e. The van der Waals surface area contributed by atoms with Gasteiger partial charge in [-0.1, -0.05) is 29.3 Å². The number of nitro benzene ring substituents is 1. The summed E-state index contributed by atoms with van der Waals surface area (Å²) in [6, 6.07) is 7.46. The molecule has 0 aliphatic carbocycles. The number of halogens is 2. The lowest BCUT2D eigenvalue weighted by atomic mass is 10.1. The van der Waals surface area contributed by atoms with Gasteiger partial charge in [0.15, 0.2) is 9.84 Å². The second-order valence-corrected chi connectivity index (χ2v) is 8.88. The van der Waals surface area contributed by atoms with E-state index in [2.05, 4.69) is 5.32 Å². The van der Waals surface area contributed by atoms with Gasteiger partial charge in [-0.2, -0.15) is 0 Å². The van der Waals surface area contributed by atoms with E-state index in [0.29, 0.717) is 0 Å². The van der Waals surface area contributed by atoms with Crippen LogP contribution in [0.25, 0.3) is 0 Å². The van der Waals surface area contributed by atoms with Crippen LogP contribution in [0.5, 0.6) is 0 Å². The molecule has 2 rings (SSSR count). The van der Waals surface area contributed by atoms with Gasteiger partial charge in [0.25, 0.3) is 11.6 Å². The summed E-state index contributed by atoms with van der Waals surface area (Å²) < 4.78 is 23.5. The molecule has 0 fully saturated rings. The molecule has 0 heterocycles. The van der Waals surface area contributed by atoms with Crippen LogP contribution in [0.4, 0.5) is 11.4 Å². The molecule has 0 spiro atoms. The van der Waals surface area contributed by atoms with E-state index in [1.54, 1.807) is 6.07 Å². The molecule has 12 heteroatoms. The summed E-state index contributed by atoms with van der Waals surface area (Å²) in [7, 11) is -2.51. The van der Waals surface area contributed by atoms with Crippen molar-refractivity contribution in [3.05, 3.63) is 62.1 Å². The molecule has 0 aliphatic rings. The van der Waals surface area contributed by atoms with Gasteiger partial charge in [0, 0.05) is 31.0 Å². The van der Waals surface area contributed by atoms with Crippen LogP contribution in [0.15, 0.2) is 41.3 Å². The number of hydrogen-bond acceptors (Lipinski definition) is 6. The molecule has 0 unspecified atom stereocenters. The largest absolute Gasteiger partial charge is 0.332 e. The van der Waals surface area contributed by atoms with Gasteiger partial charge in [-0.15, -0.1) is 0 Å². The predicted molar refractivity (Wildman–Crippen MR) is 108 cm³/mol. The number of sulfone groups is 1. The van der Waals surface area contributed by atoms with Crippen molar-refractivity contribution in [2.75, 3.05) is 25.2 Å². The van der Waals surface area contributed by atoms with Crippen molar-refractivity contribution in [3.63, 3.8) is 0 Å².